The number of nitrogens with zero attached hydrogens (tertiary/aromatic N) is 2. The SMILES string of the molecule is Cc1noc(C)c1CNC(=O)c1ccc(-c2nc3ccccc3s2)o1. The first-order chi connectivity index (χ1) is 12.1. The van der Waals surface area contributed by atoms with E-state index in [1.165, 1.54) is 11.3 Å². The molecule has 7 heteroatoms. The molecule has 0 atom stereocenters. The highest BCUT2D eigenvalue weighted by molar-refractivity contribution is 7.21. The maximum Gasteiger partial charge on any atom is 0.287 e. The van der Waals surface area contributed by atoms with Gasteiger partial charge in [0, 0.05) is 12.1 Å². The van der Waals surface area contributed by atoms with E-state index < -0.39 is 0 Å². The predicted octanol–water partition coefficient (Wildman–Crippen LogP) is 4.09. The van der Waals surface area contributed by atoms with Crippen LogP contribution < -0.4 is 5.32 Å². The average molecular weight is 353 g/mol. The summed E-state index contributed by atoms with van der Waals surface area (Å²) in [5.41, 5.74) is 2.57. The standard InChI is InChI=1S/C18H15N3O3S/c1-10-12(11(2)24-21-10)9-19-17(22)14-7-8-15(23-14)18-20-13-5-3-4-6-16(13)25-18/h3-8H,9H2,1-2H3,(H,19,22). The second-order valence-corrected chi connectivity index (χ2v) is 6.67. The van der Waals surface area contributed by atoms with E-state index in [1.54, 1.807) is 12.1 Å². The fourth-order valence-electron chi connectivity index (χ4n) is 2.56. The molecule has 0 bridgehead atoms. The van der Waals surface area contributed by atoms with Crippen molar-refractivity contribution in [3.63, 3.8) is 0 Å². The van der Waals surface area contributed by atoms with E-state index in [4.69, 9.17) is 8.94 Å². The molecule has 0 fully saturated rings. The highest BCUT2D eigenvalue weighted by Gasteiger charge is 2.16. The number of benzene rings is 1. The number of hydrogen-bond donors (Lipinski definition) is 1. The number of hydrogen-bond acceptors (Lipinski definition) is 6. The number of aromatic nitrogens is 2. The largest absolute Gasteiger partial charge is 0.448 e. The highest BCUT2D eigenvalue weighted by atomic mass is 32.1. The fraction of sp³-hybridized carbons (Fsp3) is 0.167. The lowest BCUT2D eigenvalue weighted by atomic mass is 10.2. The zero-order valence-corrected chi connectivity index (χ0v) is 14.5. The van der Waals surface area contributed by atoms with Crippen molar-refractivity contribution in [3.05, 3.63) is 59.2 Å². The molecule has 0 saturated carbocycles. The number of furan rings is 1. The van der Waals surface area contributed by atoms with Gasteiger partial charge in [-0.05, 0) is 38.1 Å². The summed E-state index contributed by atoms with van der Waals surface area (Å²) in [5, 5.41) is 7.45. The molecule has 4 aromatic rings. The summed E-state index contributed by atoms with van der Waals surface area (Å²) in [4.78, 5) is 16.8. The molecule has 0 saturated heterocycles. The molecule has 0 aliphatic carbocycles. The lowest BCUT2D eigenvalue weighted by Gasteiger charge is -2.02. The van der Waals surface area contributed by atoms with Crippen molar-refractivity contribution in [1.29, 1.82) is 0 Å². The minimum atomic E-state index is -0.285. The number of carbonyl (C=O) groups excluding carboxylic acids is 1. The zero-order chi connectivity index (χ0) is 17.4. The van der Waals surface area contributed by atoms with Crippen LogP contribution in [0.2, 0.25) is 0 Å². The maximum absolute atomic E-state index is 12.3. The van der Waals surface area contributed by atoms with Crippen molar-refractivity contribution < 1.29 is 13.7 Å². The summed E-state index contributed by atoms with van der Waals surface area (Å²) < 4.78 is 11.9. The molecule has 0 aliphatic heterocycles. The Morgan fingerprint density at radius 2 is 2.04 bits per heavy atom. The van der Waals surface area contributed by atoms with Crippen LogP contribution in [0.3, 0.4) is 0 Å². The molecule has 1 aromatic carbocycles. The van der Waals surface area contributed by atoms with Crippen LogP contribution in [0.1, 0.15) is 27.6 Å². The maximum atomic E-state index is 12.3. The van der Waals surface area contributed by atoms with Gasteiger partial charge in [0.1, 0.15) is 5.76 Å². The van der Waals surface area contributed by atoms with Crippen molar-refractivity contribution in [2.45, 2.75) is 20.4 Å². The number of rotatable bonds is 4. The number of para-hydroxylation sites is 1. The topological polar surface area (TPSA) is 81.2 Å². The van der Waals surface area contributed by atoms with Crippen LogP contribution in [0.15, 0.2) is 45.3 Å². The van der Waals surface area contributed by atoms with Crippen LogP contribution in [-0.4, -0.2) is 16.0 Å². The van der Waals surface area contributed by atoms with Crippen molar-refractivity contribution in [3.8, 4) is 10.8 Å². The third kappa shape index (κ3) is 2.94. The normalized spacial score (nSPS) is 11.1. The Kier molecular flexibility index (Phi) is 3.85. The van der Waals surface area contributed by atoms with Crippen LogP contribution in [-0.2, 0) is 6.54 Å². The second-order valence-electron chi connectivity index (χ2n) is 5.64. The summed E-state index contributed by atoms with van der Waals surface area (Å²) in [6.45, 7) is 4.01. The molecule has 0 radical (unpaired) electrons. The Balaban J connectivity index is 1.51. The van der Waals surface area contributed by atoms with Crippen LogP contribution in [0.25, 0.3) is 21.0 Å². The average Bonchev–Trinajstić information content (AvgIpc) is 3.32. The van der Waals surface area contributed by atoms with Crippen molar-refractivity contribution in [2.75, 3.05) is 0 Å². The molecule has 3 aromatic heterocycles. The summed E-state index contributed by atoms with van der Waals surface area (Å²) in [7, 11) is 0. The molecule has 0 spiro atoms. The van der Waals surface area contributed by atoms with E-state index >= 15 is 0 Å². The minimum absolute atomic E-state index is 0.251. The van der Waals surface area contributed by atoms with Crippen LogP contribution in [0.5, 0.6) is 0 Å². The molecule has 1 amide bonds. The van der Waals surface area contributed by atoms with Gasteiger partial charge in [0.25, 0.3) is 5.91 Å². The number of aryl methyl sites for hydroxylation is 2. The van der Waals surface area contributed by atoms with Crippen LogP contribution in [0.4, 0.5) is 0 Å². The molecule has 0 unspecified atom stereocenters. The minimum Gasteiger partial charge on any atom is -0.448 e. The van der Waals surface area contributed by atoms with Gasteiger partial charge in [-0.2, -0.15) is 0 Å². The fourth-order valence-corrected chi connectivity index (χ4v) is 3.49. The predicted molar refractivity (Wildman–Crippen MR) is 94.5 cm³/mol. The molecule has 6 nitrogen and oxygen atoms in total. The summed E-state index contributed by atoms with van der Waals surface area (Å²) in [6, 6.07) is 11.3. The lowest BCUT2D eigenvalue weighted by molar-refractivity contribution is 0.0924. The van der Waals surface area contributed by atoms with Crippen molar-refractivity contribution in [1.82, 2.24) is 15.5 Å². The first kappa shape index (κ1) is 15.6. The molecule has 4 rings (SSSR count). The second kappa shape index (κ2) is 6.18. The van der Waals surface area contributed by atoms with Gasteiger partial charge < -0.3 is 14.3 Å². The van der Waals surface area contributed by atoms with Gasteiger partial charge >= 0.3 is 0 Å². The Morgan fingerprint density at radius 1 is 1.20 bits per heavy atom. The first-order valence-electron chi connectivity index (χ1n) is 7.77. The molecule has 3 heterocycles. The number of thiazole rings is 1. The van der Waals surface area contributed by atoms with Gasteiger partial charge in [-0.25, -0.2) is 4.98 Å². The van der Waals surface area contributed by atoms with E-state index in [-0.39, 0.29) is 11.7 Å². The number of fused-ring (bicyclic) bond motifs is 1. The first-order valence-corrected chi connectivity index (χ1v) is 8.59. The van der Waals surface area contributed by atoms with Gasteiger partial charge in [-0.15, -0.1) is 11.3 Å². The summed E-state index contributed by atoms with van der Waals surface area (Å²) in [6.07, 6.45) is 0. The quantitative estimate of drug-likeness (QED) is 0.597. The van der Waals surface area contributed by atoms with Crippen LogP contribution in [0, 0.1) is 13.8 Å². The van der Waals surface area contributed by atoms with Gasteiger partial charge in [0.15, 0.2) is 16.5 Å². The monoisotopic (exact) mass is 353 g/mol. The van der Waals surface area contributed by atoms with Crippen molar-refractivity contribution >= 4 is 27.5 Å². The Hall–Kier alpha value is -2.93. The van der Waals surface area contributed by atoms with E-state index in [1.807, 2.05) is 38.1 Å². The molecule has 0 aliphatic rings. The van der Waals surface area contributed by atoms with Gasteiger partial charge in [-0.1, -0.05) is 17.3 Å². The van der Waals surface area contributed by atoms with Gasteiger partial charge in [0.2, 0.25) is 0 Å². The number of carbonyl (C=O) groups is 1. The Bertz CT molecular complexity index is 1010. The van der Waals surface area contributed by atoms with E-state index in [2.05, 4.69) is 15.5 Å². The highest BCUT2D eigenvalue weighted by Crippen LogP contribution is 2.31. The van der Waals surface area contributed by atoms with Crippen molar-refractivity contribution in [2.24, 2.45) is 0 Å². The number of nitrogens with one attached hydrogen (secondary N) is 1. The van der Waals surface area contributed by atoms with E-state index in [0.717, 1.165) is 26.5 Å². The molecule has 126 valence electrons. The summed E-state index contributed by atoms with van der Waals surface area (Å²) in [5.74, 6) is 1.25. The molecular weight excluding hydrogens is 338 g/mol. The molecular formula is C18H15N3O3S. The number of amides is 1. The zero-order valence-electron chi connectivity index (χ0n) is 13.7. The van der Waals surface area contributed by atoms with Gasteiger partial charge in [0.05, 0.1) is 15.9 Å². The molecule has 1 N–H and O–H groups in total. The third-order valence-electron chi connectivity index (χ3n) is 3.94. The third-order valence-corrected chi connectivity index (χ3v) is 4.99. The van der Waals surface area contributed by atoms with Crippen LogP contribution >= 0.6 is 11.3 Å². The Labute approximate surface area is 147 Å². The molecule has 25 heavy (non-hydrogen) atoms. The Morgan fingerprint density at radius 3 is 2.80 bits per heavy atom. The van der Waals surface area contributed by atoms with Gasteiger partial charge in [-0.3, -0.25) is 4.79 Å². The van der Waals surface area contributed by atoms with E-state index in [0.29, 0.717) is 18.1 Å². The summed E-state index contributed by atoms with van der Waals surface area (Å²) >= 11 is 1.53. The van der Waals surface area contributed by atoms with E-state index in [9.17, 15) is 4.79 Å². The lowest BCUT2D eigenvalue weighted by Crippen LogP contribution is -2.22. The smallest absolute Gasteiger partial charge is 0.287 e.